The standard InChI is InChI=1S/C39H54O6/c1-7-8-9-10-11-12-13-14-15-16-17-18-19-20-21-22-23-27-39(42)43-31-30-37(32-44-35(5)40)38(45-36(6)41)29-28-34(4)26-24-25-33(2)3/h8-9,11-12,14-15,17-18,20-21,25,28,32,38H,7,10,13,16,19,22-23,27,29-31H2,1-6H3/b9-8-,12-11+,15-14+,18-17+,21-20+,34-28+,37-32-. The molecular formula is C39H54O6. The van der Waals surface area contributed by atoms with E-state index in [1.807, 2.05) is 32.9 Å². The third kappa shape index (κ3) is 28.4. The fourth-order valence-corrected chi connectivity index (χ4v) is 3.65. The molecule has 0 aliphatic rings. The number of rotatable bonds is 21. The van der Waals surface area contributed by atoms with Gasteiger partial charge in [-0.1, -0.05) is 91.2 Å². The molecule has 0 aliphatic heterocycles. The molecule has 0 spiro atoms. The Bertz CT molecular complexity index is 1170. The minimum atomic E-state index is -0.684. The largest absolute Gasteiger partial charge is 0.465 e. The average molecular weight is 619 g/mol. The molecule has 0 amide bonds. The van der Waals surface area contributed by atoms with Gasteiger partial charge in [0.05, 0.1) is 12.9 Å². The molecular weight excluding hydrogens is 564 g/mol. The third-order valence-electron chi connectivity index (χ3n) is 5.93. The van der Waals surface area contributed by atoms with Crippen LogP contribution in [0.1, 0.15) is 106 Å². The van der Waals surface area contributed by atoms with E-state index in [2.05, 4.69) is 79.5 Å². The van der Waals surface area contributed by atoms with Crippen molar-refractivity contribution in [2.24, 2.45) is 0 Å². The van der Waals surface area contributed by atoms with E-state index >= 15 is 0 Å². The molecule has 45 heavy (non-hydrogen) atoms. The summed E-state index contributed by atoms with van der Waals surface area (Å²) in [5.41, 5.74) is 2.45. The highest BCUT2D eigenvalue weighted by Gasteiger charge is 2.18. The Morgan fingerprint density at radius 1 is 0.733 bits per heavy atom. The van der Waals surface area contributed by atoms with E-state index in [4.69, 9.17) is 14.2 Å². The van der Waals surface area contributed by atoms with Crippen molar-refractivity contribution < 1.29 is 28.6 Å². The van der Waals surface area contributed by atoms with Crippen LogP contribution in [0.2, 0.25) is 0 Å². The van der Waals surface area contributed by atoms with E-state index in [-0.39, 0.29) is 19.0 Å². The maximum atomic E-state index is 12.3. The van der Waals surface area contributed by atoms with Gasteiger partial charge in [0.2, 0.25) is 0 Å². The summed E-state index contributed by atoms with van der Waals surface area (Å²) in [4.78, 5) is 35.5. The number of ether oxygens (including phenoxy) is 3. The van der Waals surface area contributed by atoms with Gasteiger partial charge < -0.3 is 14.2 Å². The predicted octanol–water partition coefficient (Wildman–Crippen LogP) is 9.53. The molecule has 0 saturated heterocycles. The van der Waals surface area contributed by atoms with Gasteiger partial charge in [0.1, 0.15) is 6.10 Å². The zero-order valence-electron chi connectivity index (χ0n) is 28.3. The molecule has 0 aromatic carbocycles. The van der Waals surface area contributed by atoms with Crippen molar-refractivity contribution >= 4 is 17.9 Å². The first-order valence-electron chi connectivity index (χ1n) is 15.9. The summed E-state index contributed by atoms with van der Waals surface area (Å²) in [5, 5.41) is 0. The highest BCUT2D eigenvalue weighted by molar-refractivity contribution is 5.69. The Kier molecular flexibility index (Phi) is 26.0. The number of carbonyl (C=O) groups is 3. The lowest BCUT2D eigenvalue weighted by Gasteiger charge is -2.19. The molecule has 0 rings (SSSR count). The molecule has 0 aromatic rings. The summed E-state index contributed by atoms with van der Waals surface area (Å²) in [6.45, 7) is 10.6. The maximum Gasteiger partial charge on any atom is 0.307 e. The van der Waals surface area contributed by atoms with Gasteiger partial charge in [-0.25, -0.2) is 0 Å². The van der Waals surface area contributed by atoms with Crippen LogP contribution in [0.25, 0.3) is 0 Å². The number of allylic oxidation sites excluding steroid dienone is 13. The number of unbranched alkanes of at least 4 members (excludes halogenated alkanes) is 1. The summed E-state index contributed by atoms with van der Waals surface area (Å²) in [7, 11) is 0. The number of carbonyl (C=O) groups excluding carboxylic acids is 3. The normalized spacial score (nSPS) is 13.0. The Balaban J connectivity index is 4.60. The second-order valence-corrected chi connectivity index (χ2v) is 10.6. The van der Waals surface area contributed by atoms with Crippen LogP contribution in [0.15, 0.2) is 95.9 Å². The quantitative estimate of drug-likeness (QED) is 0.0318. The molecule has 0 aromatic heterocycles. The number of hydrogen-bond acceptors (Lipinski definition) is 6. The monoisotopic (exact) mass is 618 g/mol. The Morgan fingerprint density at radius 3 is 1.84 bits per heavy atom. The molecule has 0 heterocycles. The van der Waals surface area contributed by atoms with Crippen LogP contribution in [0.3, 0.4) is 0 Å². The predicted molar refractivity (Wildman–Crippen MR) is 185 cm³/mol. The van der Waals surface area contributed by atoms with E-state index in [1.165, 1.54) is 20.1 Å². The molecule has 6 nitrogen and oxygen atoms in total. The third-order valence-corrected chi connectivity index (χ3v) is 5.93. The molecule has 6 heteroatoms. The van der Waals surface area contributed by atoms with Crippen molar-refractivity contribution in [2.75, 3.05) is 6.61 Å². The number of hydrogen-bond donors (Lipinski definition) is 0. The van der Waals surface area contributed by atoms with Gasteiger partial charge in [0.25, 0.3) is 0 Å². The lowest BCUT2D eigenvalue weighted by molar-refractivity contribution is -0.146. The lowest BCUT2D eigenvalue weighted by Crippen LogP contribution is -2.20. The van der Waals surface area contributed by atoms with E-state index in [9.17, 15) is 14.4 Å². The second kappa shape index (κ2) is 28.6. The van der Waals surface area contributed by atoms with Crippen molar-refractivity contribution in [1.29, 1.82) is 0 Å². The summed E-state index contributed by atoms with van der Waals surface area (Å²) in [6.07, 6.45) is 33.0. The fourth-order valence-electron chi connectivity index (χ4n) is 3.65. The van der Waals surface area contributed by atoms with Gasteiger partial charge >= 0.3 is 17.9 Å². The van der Waals surface area contributed by atoms with E-state index in [1.54, 1.807) is 0 Å². The smallest absolute Gasteiger partial charge is 0.307 e. The highest BCUT2D eigenvalue weighted by atomic mass is 16.6. The van der Waals surface area contributed by atoms with E-state index in [0.717, 1.165) is 49.7 Å². The molecule has 0 N–H and O–H groups in total. The minimum Gasteiger partial charge on any atom is -0.465 e. The van der Waals surface area contributed by atoms with Crippen LogP contribution in [0.4, 0.5) is 0 Å². The molecule has 1 atom stereocenters. The lowest BCUT2D eigenvalue weighted by atomic mass is 10.0. The topological polar surface area (TPSA) is 78.9 Å². The van der Waals surface area contributed by atoms with Crippen molar-refractivity contribution in [3.05, 3.63) is 95.9 Å². The average Bonchev–Trinajstić information content (AvgIpc) is 2.98. The molecule has 1 unspecified atom stereocenters. The summed E-state index contributed by atoms with van der Waals surface area (Å²) in [5.74, 6) is 4.73. The summed E-state index contributed by atoms with van der Waals surface area (Å²) < 4.78 is 16.0. The molecule has 0 saturated carbocycles. The van der Waals surface area contributed by atoms with Crippen LogP contribution >= 0.6 is 0 Å². The first-order chi connectivity index (χ1) is 21.6. The van der Waals surface area contributed by atoms with Gasteiger partial charge in [-0.05, 0) is 77.4 Å². The van der Waals surface area contributed by atoms with Gasteiger partial charge in [0.15, 0.2) is 0 Å². The Labute approximate surface area is 272 Å². The first kappa shape index (κ1) is 40.9. The van der Waals surface area contributed by atoms with Crippen LogP contribution in [0, 0.1) is 11.8 Å². The molecule has 0 aliphatic carbocycles. The van der Waals surface area contributed by atoms with Crippen LogP contribution in [-0.2, 0) is 28.6 Å². The van der Waals surface area contributed by atoms with Gasteiger partial charge in [-0.15, -0.1) is 0 Å². The van der Waals surface area contributed by atoms with Crippen molar-refractivity contribution in [2.45, 2.75) is 112 Å². The van der Waals surface area contributed by atoms with Crippen LogP contribution in [0.5, 0.6) is 0 Å². The van der Waals surface area contributed by atoms with Crippen LogP contribution < -0.4 is 0 Å². The fraction of sp³-hybridized carbons (Fsp3) is 0.462. The van der Waals surface area contributed by atoms with Crippen molar-refractivity contribution in [3.8, 4) is 11.8 Å². The van der Waals surface area contributed by atoms with E-state index < -0.39 is 18.0 Å². The van der Waals surface area contributed by atoms with Crippen molar-refractivity contribution in [3.63, 3.8) is 0 Å². The molecule has 246 valence electrons. The Hall–Kier alpha value is -4.11. The zero-order chi connectivity index (χ0) is 33.5. The maximum absolute atomic E-state index is 12.3. The molecule has 0 radical (unpaired) electrons. The second-order valence-electron chi connectivity index (χ2n) is 10.6. The molecule has 0 fully saturated rings. The van der Waals surface area contributed by atoms with Crippen LogP contribution in [-0.4, -0.2) is 30.6 Å². The summed E-state index contributed by atoms with van der Waals surface area (Å²) in [6, 6.07) is 0. The first-order valence-corrected chi connectivity index (χ1v) is 15.9. The van der Waals surface area contributed by atoms with Gasteiger partial charge in [-0.2, -0.15) is 0 Å². The zero-order valence-corrected chi connectivity index (χ0v) is 28.3. The number of esters is 3. The van der Waals surface area contributed by atoms with Gasteiger partial charge in [-0.3, -0.25) is 14.4 Å². The van der Waals surface area contributed by atoms with Crippen molar-refractivity contribution in [1.82, 2.24) is 0 Å². The minimum absolute atomic E-state index is 0.0778. The summed E-state index contributed by atoms with van der Waals surface area (Å²) >= 11 is 0. The van der Waals surface area contributed by atoms with Gasteiger partial charge in [0, 0.05) is 38.7 Å². The Morgan fingerprint density at radius 2 is 1.31 bits per heavy atom. The molecule has 0 bridgehead atoms. The highest BCUT2D eigenvalue weighted by Crippen LogP contribution is 2.18. The van der Waals surface area contributed by atoms with E-state index in [0.29, 0.717) is 24.8 Å². The SMILES string of the molecule is CC/C=C\C/C=C/C/C=C/C/C=C/C/C=C/CCCC(=O)OCC/C(=C/OC(C)=O)C(C/C=C(\C)C#CC=C(C)C)OC(C)=O.